The molecule has 0 aliphatic carbocycles. The number of nitrogens with two attached hydrogens (primary N) is 1. The number of rotatable bonds is 5. The van der Waals surface area contributed by atoms with Crippen molar-refractivity contribution in [3.63, 3.8) is 0 Å². The van der Waals surface area contributed by atoms with Crippen LogP contribution in [-0.2, 0) is 11.2 Å². The van der Waals surface area contributed by atoms with Crippen molar-refractivity contribution in [1.82, 2.24) is 9.80 Å². The van der Waals surface area contributed by atoms with Crippen LogP contribution in [0.2, 0.25) is 0 Å². The van der Waals surface area contributed by atoms with Crippen LogP contribution in [0, 0.1) is 5.92 Å². The first-order chi connectivity index (χ1) is 10.1. The fourth-order valence-electron chi connectivity index (χ4n) is 2.86. The van der Waals surface area contributed by atoms with Gasteiger partial charge in [0.05, 0.1) is 6.04 Å². The second-order valence-corrected chi connectivity index (χ2v) is 6.32. The molecule has 21 heavy (non-hydrogen) atoms. The summed E-state index contributed by atoms with van der Waals surface area (Å²) in [5, 5.41) is 0. The Morgan fingerprint density at radius 3 is 2.33 bits per heavy atom. The third-order valence-electron chi connectivity index (χ3n) is 3.92. The van der Waals surface area contributed by atoms with Gasteiger partial charge in [0.2, 0.25) is 5.91 Å². The predicted molar refractivity (Wildman–Crippen MR) is 86.0 cm³/mol. The summed E-state index contributed by atoms with van der Waals surface area (Å²) in [6.45, 7) is 9.09. The molecule has 1 aromatic rings. The van der Waals surface area contributed by atoms with Crippen molar-refractivity contribution >= 4 is 5.91 Å². The molecule has 4 nitrogen and oxygen atoms in total. The second kappa shape index (κ2) is 7.57. The van der Waals surface area contributed by atoms with Crippen molar-refractivity contribution in [3.05, 3.63) is 35.9 Å². The van der Waals surface area contributed by atoms with Crippen LogP contribution in [0.1, 0.15) is 19.4 Å². The van der Waals surface area contributed by atoms with Gasteiger partial charge in [0.25, 0.3) is 0 Å². The molecule has 0 aromatic heterocycles. The van der Waals surface area contributed by atoms with E-state index in [2.05, 4.69) is 18.7 Å². The third-order valence-corrected chi connectivity index (χ3v) is 3.92. The smallest absolute Gasteiger partial charge is 0.239 e. The van der Waals surface area contributed by atoms with Crippen molar-refractivity contribution in [3.8, 4) is 0 Å². The molecular weight excluding hydrogens is 262 g/mol. The highest BCUT2D eigenvalue weighted by Gasteiger charge is 2.25. The number of carbonyl (C=O) groups is 1. The molecule has 1 amide bonds. The number of carbonyl (C=O) groups excluding carboxylic acids is 1. The van der Waals surface area contributed by atoms with Crippen molar-refractivity contribution < 1.29 is 4.79 Å². The summed E-state index contributed by atoms with van der Waals surface area (Å²) < 4.78 is 0. The lowest BCUT2D eigenvalue weighted by atomic mass is 10.1. The Balaban J connectivity index is 1.81. The number of nitrogens with zero attached hydrogens (tertiary/aromatic N) is 2. The van der Waals surface area contributed by atoms with Crippen LogP contribution in [-0.4, -0.2) is 54.5 Å². The number of benzene rings is 1. The van der Waals surface area contributed by atoms with E-state index < -0.39 is 6.04 Å². The van der Waals surface area contributed by atoms with E-state index in [1.54, 1.807) is 0 Å². The summed E-state index contributed by atoms with van der Waals surface area (Å²) in [7, 11) is 0. The Morgan fingerprint density at radius 1 is 1.14 bits per heavy atom. The van der Waals surface area contributed by atoms with Crippen molar-refractivity contribution in [2.75, 3.05) is 32.7 Å². The van der Waals surface area contributed by atoms with Crippen molar-refractivity contribution in [2.24, 2.45) is 11.7 Å². The maximum absolute atomic E-state index is 12.4. The summed E-state index contributed by atoms with van der Waals surface area (Å²) in [4.78, 5) is 16.8. The first-order valence-corrected chi connectivity index (χ1v) is 7.87. The average Bonchev–Trinajstić information content (AvgIpc) is 2.47. The number of hydrogen-bond donors (Lipinski definition) is 1. The minimum atomic E-state index is -0.427. The molecule has 0 unspecified atom stereocenters. The van der Waals surface area contributed by atoms with E-state index in [1.165, 1.54) is 0 Å². The van der Waals surface area contributed by atoms with Crippen LogP contribution in [0.15, 0.2) is 30.3 Å². The van der Waals surface area contributed by atoms with Gasteiger partial charge in [-0.2, -0.15) is 0 Å². The molecular formula is C17H27N3O. The summed E-state index contributed by atoms with van der Waals surface area (Å²) in [6.07, 6.45) is 0.617. The monoisotopic (exact) mass is 289 g/mol. The zero-order chi connectivity index (χ0) is 15.2. The van der Waals surface area contributed by atoms with Gasteiger partial charge in [0.1, 0.15) is 0 Å². The molecule has 1 fully saturated rings. The number of hydrogen-bond acceptors (Lipinski definition) is 3. The Morgan fingerprint density at radius 2 is 1.76 bits per heavy atom. The van der Waals surface area contributed by atoms with E-state index in [4.69, 9.17) is 5.73 Å². The summed E-state index contributed by atoms with van der Waals surface area (Å²) in [5.74, 6) is 0.760. The fourth-order valence-corrected chi connectivity index (χ4v) is 2.86. The molecule has 1 heterocycles. The zero-order valence-electron chi connectivity index (χ0n) is 13.2. The molecule has 1 aliphatic rings. The van der Waals surface area contributed by atoms with Gasteiger partial charge >= 0.3 is 0 Å². The third kappa shape index (κ3) is 4.83. The fraction of sp³-hybridized carbons (Fsp3) is 0.588. The van der Waals surface area contributed by atoms with Gasteiger partial charge < -0.3 is 10.6 Å². The summed E-state index contributed by atoms with van der Waals surface area (Å²) >= 11 is 0. The maximum atomic E-state index is 12.4. The quantitative estimate of drug-likeness (QED) is 0.890. The van der Waals surface area contributed by atoms with Gasteiger partial charge in [0.15, 0.2) is 0 Å². The van der Waals surface area contributed by atoms with E-state index in [-0.39, 0.29) is 5.91 Å². The zero-order valence-corrected chi connectivity index (χ0v) is 13.2. The number of piperazine rings is 1. The van der Waals surface area contributed by atoms with Crippen LogP contribution in [0.4, 0.5) is 0 Å². The molecule has 0 saturated carbocycles. The highest BCUT2D eigenvalue weighted by atomic mass is 16.2. The van der Waals surface area contributed by atoms with Crippen LogP contribution in [0.3, 0.4) is 0 Å². The van der Waals surface area contributed by atoms with Gasteiger partial charge in [-0.3, -0.25) is 9.69 Å². The molecule has 0 bridgehead atoms. The molecule has 1 aromatic carbocycles. The lowest BCUT2D eigenvalue weighted by molar-refractivity contribution is -0.134. The minimum absolute atomic E-state index is 0.0862. The molecule has 1 saturated heterocycles. The van der Waals surface area contributed by atoms with Gasteiger partial charge in [-0.25, -0.2) is 0 Å². The Hall–Kier alpha value is -1.39. The predicted octanol–water partition coefficient (Wildman–Crippen LogP) is 1.36. The summed E-state index contributed by atoms with van der Waals surface area (Å²) in [5.41, 5.74) is 7.21. The van der Waals surface area contributed by atoms with Crippen LogP contribution in [0.5, 0.6) is 0 Å². The molecule has 0 radical (unpaired) electrons. The first-order valence-electron chi connectivity index (χ1n) is 7.87. The first kappa shape index (κ1) is 16.0. The molecule has 1 atom stereocenters. The summed E-state index contributed by atoms with van der Waals surface area (Å²) in [6, 6.07) is 9.56. The molecule has 116 valence electrons. The van der Waals surface area contributed by atoms with E-state index in [0.29, 0.717) is 12.3 Å². The van der Waals surface area contributed by atoms with Crippen molar-refractivity contribution in [1.29, 1.82) is 0 Å². The Bertz CT molecular complexity index is 439. The van der Waals surface area contributed by atoms with Crippen LogP contribution in [0.25, 0.3) is 0 Å². The van der Waals surface area contributed by atoms with E-state index in [1.807, 2.05) is 35.2 Å². The van der Waals surface area contributed by atoms with E-state index in [0.717, 1.165) is 38.3 Å². The Kier molecular flexibility index (Phi) is 5.76. The maximum Gasteiger partial charge on any atom is 0.239 e. The average molecular weight is 289 g/mol. The van der Waals surface area contributed by atoms with Crippen LogP contribution < -0.4 is 5.73 Å². The second-order valence-electron chi connectivity index (χ2n) is 6.32. The van der Waals surface area contributed by atoms with Crippen molar-refractivity contribution in [2.45, 2.75) is 26.3 Å². The molecule has 2 N–H and O–H groups in total. The van der Waals surface area contributed by atoms with Gasteiger partial charge in [0, 0.05) is 32.7 Å². The highest BCUT2D eigenvalue weighted by molar-refractivity contribution is 5.82. The largest absolute Gasteiger partial charge is 0.339 e. The molecule has 1 aliphatic heterocycles. The molecule has 4 heteroatoms. The lowest BCUT2D eigenvalue weighted by Gasteiger charge is -2.36. The number of amides is 1. The minimum Gasteiger partial charge on any atom is -0.339 e. The van der Waals surface area contributed by atoms with Crippen LogP contribution >= 0.6 is 0 Å². The topological polar surface area (TPSA) is 49.6 Å². The normalized spacial score (nSPS) is 18.0. The lowest BCUT2D eigenvalue weighted by Crippen LogP contribution is -2.54. The van der Waals surface area contributed by atoms with E-state index in [9.17, 15) is 4.79 Å². The van der Waals surface area contributed by atoms with Gasteiger partial charge in [-0.1, -0.05) is 44.2 Å². The highest BCUT2D eigenvalue weighted by Crippen LogP contribution is 2.09. The molecule has 0 spiro atoms. The molecule has 2 rings (SSSR count). The van der Waals surface area contributed by atoms with Gasteiger partial charge in [-0.15, -0.1) is 0 Å². The van der Waals surface area contributed by atoms with E-state index >= 15 is 0 Å². The SMILES string of the molecule is CC(C)CN1CCN(C(=O)[C@@H](N)Cc2ccccc2)CC1. The Labute approximate surface area is 127 Å². The standard InChI is InChI=1S/C17H27N3O/c1-14(2)13-19-8-10-20(11-9-19)17(21)16(18)12-15-6-4-3-5-7-15/h3-7,14,16H,8-13,18H2,1-2H3/t16-/m0/s1. The van der Waals surface area contributed by atoms with Gasteiger partial charge in [-0.05, 0) is 17.9 Å².